The molecule has 1 aromatic carbocycles. The van der Waals surface area contributed by atoms with Crippen molar-refractivity contribution in [3.05, 3.63) is 42.2 Å². The van der Waals surface area contributed by atoms with Crippen molar-refractivity contribution in [2.45, 2.75) is 6.92 Å². The zero-order valence-corrected chi connectivity index (χ0v) is 10.2. The first-order valence-corrected chi connectivity index (χ1v) is 5.86. The van der Waals surface area contributed by atoms with Crippen molar-refractivity contribution in [2.24, 2.45) is 0 Å². The predicted octanol–water partition coefficient (Wildman–Crippen LogP) is 2.19. The zero-order chi connectivity index (χ0) is 13.2. The van der Waals surface area contributed by atoms with E-state index < -0.39 is 5.97 Å². The van der Waals surface area contributed by atoms with Gasteiger partial charge in [-0.1, -0.05) is 17.3 Å². The zero-order valence-electron chi connectivity index (χ0n) is 10.2. The highest BCUT2D eigenvalue weighted by atomic mass is 16.5. The molecule has 0 aliphatic carbocycles. The summed E-state index contributed by atoms with van der Waals surface area (Å²) in [5, 5.41) is 8.90. The molecule has 2 aromatic heterocycles. The summed E-state index contributed by atoms with van der Waals surface area (Å²) in [5.74, 6) is 0.146. The lowest BCUT2D eigenvalue weighted by atomic mass is 10.2. The van der Waals surface area contributed by atoms with Gasteiger partial charge in [0.1, 0.15) is 0 Å². The van der Waals surface area contributed by atoms with Crippen LogP contribution < -0.4 is 0 Å². The van der Waals surface area contributed by atoms with Crippen LogP contribution in [0.5, 0.6) is 0 Å². The van der Waals surface area contributed by atoms with Crippen LogP contribution in [0.1, 0.15) is 17.3 Å². The minimum Gasteiger partial charge on any atom is -0.462 e. The molecule has 19 heavy (non-hydrogen) atoms. The molecular weight excluding hydrogens is 246 g/mol. The van der Waals surface area contributed by atoms with Crippen LogP contribution in [0.25, 0.3) is 16.8 Å². The van der Waals surface area contributed by atoms with E-state index in [9.17, 15) is 4.79 Å². The third-order valence-corrected chi connectivity index (χ3v) is 2.67. The van der Waals surface area contributed by atoms with E-state index in [4.69, 9.17) is 9.26 Å². The molecule has 0 aliphatic rings. The number of hydrogen-bond donors (Lipinski definition) is 0. The van der Waals surface area contributed by atoms with Crippen molar-refractivity contribution in [3.63, 3.8) is 0 Å². The second kappa shape index (κ2) is 4.56. The molecule has 6 nitrogen and oxygen atoms in total. The topological polar surface area (TPSA) is 70.2 Å². The van der Waals surface area contributed by atoms with Gasteiger partial charge in [0.2, 0.25) is 5.82 Å². The summed E-state index contributed by atoms with van der Waals surface area (Å²) in [6, 6.07) is 7.46. The van der Waals surface area contributed by atoms with E-state index in [-0.39, 0.29) is 0 Å². The fourth-order valence-corrected chi connectivity index (χ4v) is 1.80. The number of aromatic nitrogens is 3. The highest BCUT2D eigenvalue weighted by molar-refractivity contribution is 5.89. The first-order chi connectivity index (χ1) is 9.29. The number of para-hydroxylation sites is 1. The van der Waals surface area contributed by atoms with Crippen LogP contribution in [0, 0.1) is 0 Å². The number of fused-ring (bicyclic) bond motifs is 1. The molecule has 0 atom stereocenters. The Hall–Kier alpha value is -2.63. The fourth-order valence-electron chi connectivity index (χ4n) is 1.80. The molecule has 6 heteroatoms. The second-order valence-corrected chi connectivity index (χ2v) is 3.90. The van der Waals surface area contributed by atoms with E-state index in [1.54, 1.807) is 13.1 Å². The minimum atomic E-state index is -0.401. The molecule has 0 bridgehead atoms. The molecule has 0 N–H and O–H groups in total. The van der Waals surface area contributed by atoms with Gasteiger partial charge in [-0.25, -0.2) is 9.48 Å². The van der Waals surface area contributed by atoms with Crippen molar-refractivity contribution in [1.29, 1.82) is 0 Å². The van der Waals surface area contributed by atoms with Crippen LogP contribution in [-0.2, 0) is 4.74 Å². The quantitative estimate of drug-likeness (QED) is 0.672. The molecule has 0 spiro atoms. The average molecular weight is 257 g/mol. The van der Waals surface area contributed by atoms with Gasteiger partial charge in [0.15, 0.2) is 5.58 Å². The monoisotopic (exact) mass is 257 g/mol. The van der Waals surface area contributed by atoms with Gasteiger partial charge in [0.05, 0.1) is 23.8 Å². The summed E-state index contributed by atoms with van der Waals surface area (Å²) in [7, 11) is 0. The van der Waals surface area contributed by atoms with Crippen LogP contribution in [0.2, 0.25) is 0 Å². The normalized spacial score (nSPS) is 10.8. The minimum absolute atomic E-state index is 0.330. The summed E-state index contributed by atoms with van der Waals surface area (Å²) in [6.45, 7) is 2.09. The Bertz CT molecular complexity index is 729. The number of carbonyl (C=O) groups excluding carboxylic acids is 1. The summed E-state index contributed by atoms with van der Waals surface area (Å²) < 4.78 is 11.6. The van der Waals surface area contributed by atoms with Crippen molar-refractivity contribution in [1.82, 2.24) is 14.9 Å². The number of nitrogens with zero attached hydrogens (tertiary/aromatic N) is 3. The lowest BCUT2D eigenvalue weighted by Crippen LogP contribution is -2.03. The molecule has 0 unspecified atom stereocenters. The number of carbonyl (C=O) groups is 1. The van der Waals surface area contributed by atoms with Gasteiger partial charge in [0.25, 0.3) is 0 Å². The Labute approximate surface area is 108 Å². The van der Waals surface area contributed by atoms with E-state index in [0.29, 0.717) is 23.6 Å². The Balaban J connectivity index is 2.01. The summed E-state index contributed by atoms with van der Waals surface area (Å²) in [4.78, 5) is 11.6. The van der Waals surface area contributed by atoms with Crippen LogP contribution in [0.3, 0.4) is 0 Å². The molecule has 0 amide bonds. The lowest BCUT2D eigenvalue weighted by molar-refractivity contribution is 0.0526. The maximum Gasteiger partial charge on any atom is 0.341 e. The summed E-state index contributed by atoms with van der Waals surface area (Å²) in [6.07, 6.45) is 3.02. The average Bonchev–Trinajstić information content (AvgIpc) is 3.05. The molecule has 3 aromatic rings. The molecule has 2 heterocycles. The van der Waals surface area contributed by atoms with E-state index in [2.05, 4.69) is 10.3 Å². The van der Waals surface area contributed by atoms with E-state index in [0.717, 1.165) is 5.39 Å². The third-order valence-electron chi connectivity index (χ3n) is 2.67. The van der Waals surface area contributed by atoms with E-state index >= 15 is 0 Å². The van der Waals surface area contributed by atoms with Crippen molar-refractivity contribution in [2.75, 3.05) is 6.61 Å². The molecule has 0 aliphatic heterocycles. The standard InChI is InChI=1S/C13H11N3O3/c1-2-18-13(17)9-7-14-16(8-9)12-10-5-3-4-6-11(10)19-15-12/h3-8H,2H2,1H3. The van der Waals surface area contributed by atoms with Gasteiger partial charge in [0, 0.05) is 6.20 Å². The molecule has 0 fully saturated rings. The van der Waals surface area contributed by atoms with Gasteiger partial charge >= 0.3 is 5.97 Å². The highest BCUT2D eigenvalue weighted by Gasteiger charge is 2.14. The smallest absolute Gasteiger partial charge is 0.341 e. The van der Waals surface area contributed by atoms with Gasteiger partial charge in [-0.05, 0) is 19.1 Å². The predicted molar refractivity (Wildman–Crippen MR) is 67.1 cm³/mol. The number of benzene rings is 1. The Morgan fingerprint density at radius 2 is 2.26 bits per heavy atom. The highest BCUT2D eigenvalue weighted by Crippen LogP contribution is 2.21. The number of hydrogen-bond acceptors (Lipinski definition) is 5. The molecule has 0 saturated carbocycles. The van der Waals surface area contributed by atoms with Crippen LogP contribution >= 0.6 is 0 Å². The van der Waals surface area contributed by atoms with Crippen LogP contribution in [0.4, 0.5) is 0 Å². The number of esters is 1. The fraction of sp³-hybridized carbons (Fsp3) is 0.154. The second-order valence-electron chi connectivity index (χ2n) is 3.90. The van der Waals surface area contributed by atoms with Crippen LogP contribution in [-0.4, -0.2) is 27.5 Å². The third kappa shape index (κ3) is 1.97. The molecule has 96 valence electrons. The summed E-state index contributed by atoms with van der Waals surface area (Å²) in [5.41, 5.74) is 1.06. The lowest BCUT2D eigenvalue weighted by Gasteiger charge is -1.97. The molecule has 0 saturated heterocycles. The SMILES string of the molecule is CCOC(=O)c1cnn(-c2noc3ccccc23)c1. The first kappa shape index (κ1) is 11.5. The van der Waals surface area contributed by atoms with E-state index in [1.807, 2.05) is 24.3 Å². The summed E-state index contributed by atoms with van der Waals surface area (Å²) >= 11 is 0. The van der Waals surface area contributed by atoms with Gasteiger partial charge in [-0.3, -0.25) is 0 Å². The molecule has 3 rings (SSSR count). The Kier molecular flexibility index (Phi) is 2.75. The molecular formula is C13H11N3O3. The van der Waals surface area contributed by atoms with Crippen molar-refractivity contribution >= 4 is 16.9 Å². The van der Waals surface area contributed by atoms with E-state index in [1.165, 1.54) is 10.9 Å². The maximum absolute atomic E-state index is 11.6. The Morgan fingerprint density at radius 3 is 3.11 bits per heavy atom. The van der Waals surface area contributed by atoms with Gasteiger partial charge in [-0.2, -0.15) is 5.10 Å². The first-order valence-electron chi connectivity index (χ1n) is 5.86. The number of rotatable bonds is 3. The Morgan fingerprint density at radius 1 is 1.42 bits per heavy atom. The van der Waals surface area contributed by atoms with Gasteiger partial charge < -0.3 is 9.26 Å². The largest absolute Gasteiger partial charge is 0.462 e. The van der Waals surface area contributed by atoms with Crippen LogP contribution in [0.15, 0.2) is 41.2 Å². The van der Waals surface area contributed by atoms with Gasteiger partial charge in [-0.15, -0.1) is 0 Å². The molecule has 0 radical (unpaired) electrons. The van der Waals surface area contributed by atoms with Crippen molar-refractivity contribution in [3.8, 4) is 5.82 Å². The van der Waals surface area contributed by atoms with Crippen molar-refractivity contribution < 1.29 is 14.1 Å². The maximum atomic E-state index is 11.6. The number of ether oxygens (including phenoxy) is 1.